The summed E-state index contributed by atoms with van der Waals surface area (Å²) in [7, 11) is 1.70. The summed E-state index contributed by atoms with van der Waals surface area (Å²) in [5, 5.41) is 0. The van der Waals surface area contributed by atoms with Crippen molar-refractivity contribution >= 4 is 5.91 Å². The molecule has 1 aromatic heterocycles. The Morgan fingerprint density at radius 1 is 1.32 bits per heavy atom. The summed E-state index contributed by atoms with van der Waals surface area (Å²) in [6.45, 7) is 4.33. The lowest BCUT2D eigenvalue weighted by Gasteiger charge is -2.38. The van der Waals surface area contributed by atoms with Crippen molar-refractivity contribution in [2.24, 2.45) is 0 Å². The molecule has 5 heteroatoms. The largest absolute Gasteiger partial charge is 0.468 e. The number of methoxy groups -OCH3 is 1. The first-order chi connectivity index (χ1) is 10.7. The van der Waals surface area contributed by atoms with Crippen molar-refractivity contribution in [3.63, 3.8) is 0 Å². The van der Waals surface area contributed by atoms with Crippen LogP contribution in [0.3, 0.4) is 0 Å². The molecule has 0 unspecified atom stereocenters. The Morgan fingerprint density at radius 2 is 2.23 bits per heavy atom. The molecular formula is C17H26N2O3. The molecule has 2 fully saturated rings. The maximum absolute atomic E-state index is 12.2. The molecule has 2 saturated heterocycles. The zero-order chi connectivity index (χ0) is 15.4. The van der Waals surface area contributed by atoms with E-state index in [1.54, 1.807) is 13.4 Å². The number of likely N-dealkylation sites (tertiary alicyclic amines) is 2. The molecule has 0 aromatic carbocycles. The quantitative estimate of drug-likeness (QED) is 0.837. The summed E-state index contributed by atoms with van der Waals surface area (Å²) in [6, 6.07) is 3.97. The third kappa shape index (κ3) is 3.20. The Bertz CT molecular complexity index is 488. The van der Waals surface area contributed by atoms with Gasteiger partial charge in [0.2, 0.25) is 5.91 Å². The number of carbonyl (C=O) groups excluding carboxylic acids is 1. The molecule has 2 aliphatic rings. The molecule has 0 saturated carbocycles. The highest BCUT2D eigenvalue weighted by Gasteiger charge is 2.45. The van der Waals surface area contributed by atoms with E-state index < -0.39 is 0 Å². The number of ether oxygens (including phenoxy) is 1. The average molecular weight is 306 g/mol. The molecule has 1 amide bonds. The number of hydrogen-bond acceptors (Lipinski definition) is 4. The molecule has 1 aromatic rings. The summed E-state index contributed by atoms with van der Waals surface area (Å²) in [4.78, 5) is 16.8. The van der Waals surface area contributed by atoms with E-state index in [2.05, 4.69) is 9.80 Å². The lowest BCUT2D eigenvalue weighted by molar-refractivity contribution is -0.132. The van der Waals surface area contributed by atoms with Gasteiger partial charge in [-0.1, -0.05) is 0 Å². The Hall–Kier alpha value is -1.33. The highest BCUT2D eigenvalue weighted by Crippen LogP contribution is 2.39. The molecule has 3 heterocycles. The maximum Gasteiger partial charge on any atom is 0.223 e. The van der Waals surface area contributed by atoms with Crippen LogP contribution in [-0.4, -0.2) is 54.6 Å². The van der Waals surface area contributed by atoms with E-state index in [0.29, 0.717) is 18.9 Å². The second-order valence-corrected chi connectivity index (χ2v) is 6.47. The van der Waals surface area contributed by atoms with Gasteiger partial charge in [-0.15, -0.1) is 0 Å². The van der Waals surface area contributed by atoms with Gasteiger partial charge in [-0.25, -0.2) is 0 Å². The van der Waals surface area contributed by atoms with Crippen LogP contribution in [0, 0.1) is 0 Å². The summed E-state index contributed by atoms with van der Waals surface area (Å²) in [5.74, 6) is 1.33. The first-order valence-electron chi connectivity index (χ1n) is 8.28. The SMILES string of the molecule is COCCN1C(=O)CC[C@@]12CCCN(Cc1ccco1)CC2. The Kier molecular flexibility index (Phi) is 4.84. The van der Waals surface area contributed by atoms with Crippen LogP contribution in [-0.2, 0) is 16.1 Å². The lowest BCUT2D eigenvalue weighted by Crippen LogP contribution is -2.47. The Balaban J connectivity index is 1.64. The molecule has 0 radical (unpaired) electrons. The van der Waals surface area contributed by atoms with E-state index in [1.165, 1.54) is 0 Å². The summed E-state index contributed by atoms with van der Waals surface area (Å²) in [6.07, 6.45) is 6.74. The van der Waals surface area contributed by atoms with E-state index in [1.807, 2.05) is 12.1 Å². The van der Waals surface area contributed by atoms with Gasteiger partial charge in [0.15, 0.2) is 0 Å². The molecule has 3 rings (SSSR count). The van der Waals surface area contributed by atoms with Gasteiger partial charge in [-0.2, -0.15) is 0 Å². The number of hydrogen-bond donors (Lipinski definition) is 0. The third-order valence-corrected chi connectivity index (χ3v) is 5.17. The fraction of sp³-hybridized carbons (Fsp3) is 0.706. The van der Waals surface area contributed by atoms with Gasteiger partial charge in [-0.05, 0) is 44.4 Å². The number of carbonyl (C=O) groups is 1. The fourth-order valence-electron chi connectivity index (χ4n) is 3.95. The standard InChI is InChI=1S/C17H26N2O3/c1-21-13-11-19-16(20)5-7-17(19)6-3-9-18(10-8-17)14-15-4-2-12-22-15/h2,4,12H,3,5-11,13-14H2,1H3/t17-/m1/s1. The topological polar surface area (TPSA) is 45.9 Å². The normalized spacial score (nSPS) is 26.8. The van der Waals surface area contributed by atoms with E-state index in [0.717, 1.165) is 57.6 Å². The van der Waals surface area contributed by atoms with Crippen LogP contribution in [0.4, 0.5) is 0 Å². The average Bonchev–Trinajstić information content (AvgIpc) is 3.06. The number of furan rings is 1. The van der Waals surface area contributed by atoms with Crippen LogP contribution in [0.15, 0.2) is 22.8 Å². The van der Waals surface area contributed by atoms with Crippen LogP contribution in [0.2, 0.25) is 0 Å². The van der Waals surface area contributed by atoms with Gasteiger partial charge in [0, 0.05) is 32.2 Å². The molecule has 2 aliphatic heterocycles. The second kappa shape index (κ2) is 6.84. The first-order valence-corrected chi connectivity index (χ1v) is 8.28. The fourth-order valence-corrected chi connectivity index (χ4v) is 3.95. The molecule has 122 valence electrons. The van der Waals surface area contributed by atoms with Crippen molar-refractivity contribution < 1.29 is 13.9 Å². The minimum Gasteiger partial charge on any atom is -0.468 e. The van der Waals surface area contributed by atoms with Gasteiger partial charge in [0.05, 0.1) is 19.4 Å². The first kappa shape index (κ1) is 15.6. The molecule has 22 heavy (non-hydrogen) atoms. The molecule has 0 aliphatic carbocycles. The van der Waals surface area contributed by atoms with E-state index in [4.69, 9.17) is 9.15 Å². The maximum atomic E-state index is 12.2. The second-order valence-electron chi connectivity index (χ2n) is 6.47. The van der Waals surface area contributed by atoms with Gasteiger partial charge in [0.1, 0.15) is 5.76 Å². The van der Waals surface area contributed by atoms with Crippen molar-refractivity contribution in [1.29, 1.82) is 0 Å². The van der Waals surface area contributed by atoms with Crippen LogP contribution < -0.4 is 0 Å². The van der Waals surface area contributed by atoms with E-state index >= 15 is 0 Å². The summed E-state index contributed by atoms with van der Waals surface area (Å²) >= 11 is 0. The lowest BCUT2D eigenvalue weighted by atomic mass is 9.88. The van der Waals surface area contributed by atoms with Gasteiger partial charge in [-0.3, -0.25) is 9.69 Å². The van der Waals surface area contributed by atoms with Crippen molar-refractivity contribution in [2.75, 3.05) is 33.4 Å². The third-order valence-electron chi connectivity index (χ3n) is 5.17. The molecule has 5 nitrogen and oxygen atoms in total. The minimum atomic E-state index is 0.0630. The zero-order valence-electron chi connectivity index (χ0n) is 13.4. The van der Waals surface area contributed by atoms with Crippen molar-refractivity contribution in [3.05, 3.63) is 24.2 Å². The van der Waals surface area contributed by atoms with Gasteiger partial charge in [0.25, 0.3) is 0 Å². The van der Waals surface area contributed by atoms with Crippen LogP contribution in [0.5, 0.6) is 0 Å². The highest BCUT2D eigenvalue weighted by molar-refractivity contribution is 5.79. The van der Waals surface area contributed by atoms with Crippen molar-refractivity contribution in [2.45, 2.75) is 44.2 Å². The van der Waals surface area contributed by atoms with Gasteiger partial charge < -0.3 is 14.1 Å². The molecule has 1 atom stereocenters. The number of rotatable bonds is 5. The van der Waals surface area contributed by atoms with E-state index in [9.17, 15) is 4.79 Å². The molecule has 1 spiro atoms. The van der Waals surface area contributed by atoms with E-state index in [-0.39, 0.29) is 5.54 Å². The Morgan fingerprint density at radius 3 is 3.00 bits per heavy atom. The zero-order valence-corrected chi connectivity index (χ0v) is 13.4. The van der Waals surface area contributed by atoms with Crippen LogP contribution >= 0.6 is 0 Å². The highest BCUT2D eigenvalue weighted by atomic mass is 16.5. The minimum absolute atomic E-state index is 0.0630. The van der Waals surface area contributed by atoms with Gasteiger partial charge >= 0.3 is 0 Å². The van der Waals surface area contributed by atoms with Crippen molar-refractivity contribution in [1.82, 2.24) is 9.80 Å². The molecule has 0 N–H and O–H groups in total. The predicted octanol–water partition coefficient (Wildman–Crippen LogP) is 2.27. The monoisotopic (exact) mass is 306 g/mol. The Labute approximate surface area is 132 Å². The van der Waals surface area contributed by atoms with Crippen molar-refractivity contribution in [3.8, 4) is 0 Å². The summed E-state index contributed by atoms with van der Waals surface area (Å²) < 4.78 is 10.7. The van der Waals surface area contributed by atoms with Crippen LogP contribution in [0.1, 0.15) is 37.9 Å². The smallest absolute Gasteiger partial charge is 0.223 e. The number of amides is 1. The molecular weight excluding hydrogens is 280 g/mol. The summed E-state index contributed by atoms with van der Waals surface area (Å²) in [5.41, 5.74) is 0.0630. The molecule has 0 bridgehead atoms. The number of nitrogens with zero attached hydrogens (tertiary/aromatic N) is 2. The van der Waals surface area contributed by atoms with Crippen LogP contribution in [0.25, 0.3) is 0 Å². The predicted molar refractivity (Wildman–Crippen MR) is 83.4 cm³/mol.